The molecule has 0 radical (unpaired) electrons. The molecule has 1 aliphatic carbocycles. The number of aliphatic hydroxyl groups excluding tert-OH is 1. The maximum atomic E-state index is 16.4. The van der Waals surface area contributed by atoms with Crippen LogP contribution >= 0.6 is 0 Å². The van der Waals surface area contributed by atoms with E-state index in [4.69, 9.17) is 29.1 Å². The summed E-state index contributed by atoms with van der Waals surface area (Å²) in [4.78, 5) is 38.6. The lowest BCUT2D eigenvalue weighted by molar-refractivity contribution is -0.0723. The average Bonchev–Trinajstić information content (AvgIpc) is 3.63. The lowest BCUT2D eigenvalue weighted by Gasteiger charge is -2.22. The van der Waals surface area contributed by atoms with Crippen molar-refractivity contribution < 1.29 is 42.8 Å². The van der Waals surface area contributed by atoms with Crippen LogP contribution in [0.5, 0.6) is 17.5 Å². The van der Waals surface area contributed by atoms with E-state index in [0.717, 1.165) is 32.1 Å². The first-order chi connectivity index (χ1) is 27.2. The molecular formula is C40H42FN7O8. The number of benzene rings is 3. The SMILES string of the molecule is COc1cc(OCCO)c(F)c([C@@H](Cc2ccc(C(=N)NC(=O)c3ccccc3)cc2)c2nc(OC(C)OC(=O)OC3CCCCC3)n(-c3ncccn3)n2)c1. The van der Waals surface area contributed by atoms with Crippen LogP contribution in [0.2, 0.25) is 0 Å². The van der Waals surface area contributed by atoms with Gasteiger partial charge in [-0.15, -0.1) is 9.78 Å². The van der Waals surface area contributed by atoms with E-state index in [1.165, 1.54) is 43.2 Å². The minimum absolute atomic E-state index is 0.0791. The summed E-state index contributed by atoms with van der Waals surface area (Å²) in [5, 5.41) is 25.2. The van der Waals surface area contributed by atoms with Crippen molar-refractivity contribution >= 4 is 17.9 Å². The summed E-state index contributed by atoms with van der Waals surface area (Å²) in [5.74, 6) is -1.90. The van der Waals surface area contributed by atoms with Crippen molar-refractivity contribution in [1.82, 2.24) is 30.0 Å². The minimum atomic E-state index is -1.18. The number of hydrogen-bond donors (Lipinski definition) is 3. The maximum Gasteiger partial charge on any atom is 0.511 e. The Labute approximate surface area is 322 Å². The molecule has 2 aromatic heterocycles. The summed E-state index contributed by atoms with van der Waals surface area (Å²) in [7, 11) is 1.43. The molecule has 2 atom stereocenters. The first-order valence-corrected chi connectivity index (χ1v) is 18.2. The van der Waals surface area contributed by atoms with Gasteiger partial charge in [-0.05, 0) is 61.9 Å². The second kappa shape index (κ2) is 18.8. The van der Waals surface area contributed by atoms with Crippen LogP contribution in [0.25, 0.3) is 5.95 Å². The molecule has 1 saturated carbocycles. The third-order valence-corrected chi connectivity index (χ3v) is 8.95. The van der Waals surface area contributed by atoms with E-state index in [1.807, 2.05) is 0 Å². The number of amides is 1. The molecule has 1 unspecified atom stereocenters. The largest absolute Gasteiger partial charge is 0.511 e. The predicted octanol–water partition coefficient (Wildman–Crippen LogP) is 5.92. The van der Waals surface area contributed by atoms with E-state index < -0.39 is 30.1 Å². The molecule has 292 valence electrons. The second-order valence-corrected chi connectivity index (χ2v) is 12.9. The third-order valence-electron chi connectivity index (χ3n) is 8.95. The van der Waals surface area contributed by atoms with Gasteiger partial charge in [-0.1, -0.05) is 48.9 Å². The number of hydrogen-bond acceptors (Lipinski definition) is 13. The fourth-order valence-corrected chi connectivity index (χ4v) is 6.18. The Bertz CT molecular complexity index is 2100. The zero-order valence-corrected chi connectivity index (χ0v) is 30.9. The molecule has 6 rings (SSSR count). The Hall–Kier alpha value is -6.42. The molecule has 15 nitrogen and oxygen atoms in total. The Kier molecular flexibility index (Phi) is 13.2. The molecule has 0 bridgehead atoms. The van der Waals surface area contributed by atoms with Gasteiger partial charge in [0.2, 0.25) is 6.29 Å². The number of nitrogens with zero attached hydrogens (tertiary/aromatic N) is 5. The molecule has 1 fully saturated rings. The molecule has 0 saturated heterocycles. The first kappa shape index (κ1) is 39.3. The van der Waals surface area contributed by atoms with Crippen LogP contribution in [0.4, 0.5) is 9.18 Å². The van der Waals surface area contributed by atoms with Crippen molar-refractivity contribution in [3.8, 4) is 23.5 Å². The maximum absolute atomic E-state index is 16.4. The van der Waals surface area contributed by atoms with Crippen molar-refractivity contribution in [1.29, 1.82) is 5.41 Å². The zero-order chi connectivity index (χ0) is 39.4. The number of aromatic nitrogens is 5. The lowest BCUT2D eigenvalue weighted by atomic mass is 9.90. The van der Waals surface area contributed by atoms with Crippen molar-refractivity contribution in [2.24, 2.45) is 0 Å². The number of carbonyl (C=O) groups excluding carboxylic acids is 2. The molecule has 3 aromatic carbocycles. The first-order valence-electron chi connectivity index (χ1n) is 18.2. The van der Waals surface area contributed by atoms with E-state index in [-0.39, 0.29) is 66.4 Å². The normalized spacial score (nSPS) is 13.9. The highest BCUT2D eigenvalue weighted by Crippen LogP contribution is 2.37. The molecule has 0 spiro atoms. The van der Waals surface area contributed by atoms with Crippen LogP contribution in [0.1, 0.15) is 77.8 Å². The molecule has 3 N–H and O–H groups in total. The van der Waals surface area contributed by atoms with Crippen LogP contribution in [-0.4, -0.2) is 80.5 Å². The fourth-order valence-electron chi connectivity index (χ4n) is 6.18. The van der Waals surface area contributed by atoms with Gasteiger partial charge in [0, 0.05) is 42.1 Å². The molecule has 1 amide bonds. The van der Waals surface area contributed by atoms with Crippen LogP contribution in [0.3, 0.4) is 0 Å². The Morgan fingerprint density at radius 1 is 1.00 bits per heavy atom. The number of aliphatic hydroxyl groups is 1. The molecule has 2 heterocycles. The van der Waals surface area contributed by atoms with Gasteiger partial charge in [0.1, 0.15) is 24.3 Å². The van der Waals surface area contributed by atoms with E-state index in [1.54, 1.807) is 60.7 Å². The number of rotatable bonds is 15. The Morgan fingerprint density at radius 3 is 2.43 bits per heavy atom. The van der Waals surface area contributed by atoms with Gasteiger partial charge in [0.15, 0.2) is 17.4 Å². The van der Waals surface area contributed by atoms with E-state index in [9.17, 15) is 14.7 Å². The van der Waals surface area contributed by atoms with Gasteiger partial charge < -0.3 is 34.1 Å². The number of ether oxygens (including phenoxy) is 5. The topological polar surface area (TPSA) is 193 Å². The van der Waals surface area contributed by atoms with E-state index in [0.29, 0.717) is 16.7 Å². The summed E-state index contributed by atoms with van der Waals surface area (Å²) >= 11 is 0. The van der Waals surface area contributed by atoms with Crippen molar-refractivity contribution in [2.45, 2.75) is 63.8 Å². The number of halogens is 1. The van der Waals surface area contributed by atoms with Crippen molar-refractivity contribution in [3.63, 3.8) is 0 Å². The van der Waals surface area contributed by atoms with Crippen molar-refractivity contribution in [3.05, 3.63) is 119 Å². The zero-order valence-electron chi connectivity index (χ0n) is 30.9. The van der Waals surface area contributed by atoms with Gasteiger partial charge in [0.25, 0.3) is 11.9 Å². The number of amidine groups is 1. The number of methoxy groups -OCH3 is 1. The smallest absolute Gasteiger partial charge is 0.497 e. The number of carbonyl (C=O) groups is 2. The van der Waals surface area contributed by atoms with Crippen LogP contribution in [-0.2, 0) is 15.9 Å². The Morgan fingerprint density at radius 2 is 1.73 bits per heavy atom. The van der Waals surface area contributed by atoms with E-state index in [2.05, 4.69) is 25.4 Å². The highest BCUT2D eigenvalue weighted by Gasteiger charge is 2.30. The third kappa shape index (κ3) is 10.0. The van der Waals surface area contributed by atoms with Crippen molar-refractivity contribution in [2.75, 3.05) is 20.3 Å². The van der Waals surface area contributed by atoms with Crippen LogP contribution < -0.4 is 19.5 Å². The molecule has 5 aromatic rings. The van der Waals surface area contributed by atoms with Gasteiger partial charge in [-0.25, -0.2) is 19.2 Å². The monoisotopic (exact) mass is 767 g/mol. The summed E-state index contributed by atoms with van der Waals surface area (Å²) in [6.45, 7) is 0.985. The van der Waals surface area contributed by atoms with Crippen LogP contribution in [0, 0.1) is 11.2 Å². The van der Waals surface area contributed by atoms with Gasteiger partial charge in [-0.3, -0.25) is 10.2 Å². The van der Waals surface area contributed by atoms with Gasteiger partial charge in [-0.2, -0.15) is 4.98 Å². The summed E-state index contributed by atoms with van der Waals surface area (Å²) in [6.07, 6.45) is 5.39. The molecular weight excluding hydrogens is 725 g/mol. The number of nitrogens with one attached hydrogen (secondary N) is 2. The fraction of sp³-hybridized carbons (Fsp3) is 0.325. The summed E-state index contributed by atoms with van der Waals surface area (Å²) in [6, 6.07) is 19.7. The van der Waals surface area contributed by atoms with Crippen LogP contribution in [0.15, 0.2) is 85.2 Å². The van der Waals surface area contributed by atoms with Gasteiger partial charge in [0.05, 0.1) is 19.6 Å². The Balaban J connectivity index is 1.33. The average molecular weight is 768 g/mol. The highest BCUT2D eigenvalue weighted by atomic mass is 19.1. The second-order valence-electron chi connectivity index (χ2n) is 12.9. The summed E-state index contributed by atoms with van der Waals surface area (Å²) < 4.78 is 45.6. The minimum Gasteiger partial charge on any atom is -0.497 e. The molecule has 1 aliphatic rings. The molecule has 56 heavy (non-hydrogen) atoms. The van der Waals surface area contributed by atoms with Gasteiger partial charge >= 0.3 is 12.2 Å². The highest BCUT2D eigenvalue weighted by molar-refractivity contribution is 6.11. The standard InChI is InChI=1S/C40H42FN7O8/c1-25(55-40(51)56-29-12-7-4-8-13-29)54-39-46-36(47-48(39)38-43-18-9-19-44-38)32(31-23-30(52-2)24-33(34(31)41)53-21-20-49)22-26-14-16-27(17-15-26)35(42)45-37(50)28-10-5-3-6-11-28/h3,5-6,9-11,14-19,23-25,29,32,49H,4,7-8,12-13,20-22H2,1-2H3,(H2,42,45,50)/t25?,32-/m1/s1. The molecule has 16 heteroatoms. The summed E-state index contributed by atoms with van der Waals surface area (Å²) in [5.41, 5.74) is 1.65. The molecule has 0 aliphatic heterocycles. The predicted molar refractivity (Wildman–Crippen MR) is 200 cm³/mol. The quantitative estimate of drug-likeness (QED) is 0.0494. The lowest BCUT2D eigenvalue weighted by Crippen LogP contribution is -2.30. The van der Waals surface area contributed by atoms with E-state index >= 15 is 4.39 Å².